The maximum absolute atomic E-state index is 12.4. The number of rotatable bonds is 5. The van der Waals surface area contributed by atoms with Gasteiger partial charge >= 0.3 is 0 Å². The van der Waals surface area contributed by atoms with Crippen LogP contribution in [0.3, 0.4) is 0 Å². The molecule has 0 fully saturated rings. The molecule has 1 aromatic carbocycles. The smallest absolute Gasteiger partial charge is 0.273 e. The van der Waals surface area contributed by atoms with Crippen molar-refractivity contribution in [2.24, 2.45) is 0 Å². The summed E-state index contributed by atoms with van der Waals surface area (Å²) in [7, 11) is 4.92. The molecular formula is C15H15ClN4O4. The van der Waals surface area contributed by atoms with Crippen LogP contribution in [0.4, 0.5) is 17.2 Å². The number of nitrogens with zero attached hydrogens (tertiary/aromatic N) is 3. The Morgan fingerprint density at radius 2 is 2.04 bits per heavy atom. The zero-order valence-electron chi connectivity index (χ0n) is 13.2. The first-order valence-corrected chi connectivity index (χ1v) is 7.18. The van der Waals surface area contributed by atoms with Gasteiger partial charge in [-0.25, -0.2) is 4.98 Å². The molecule has 0 saturated heterocycles. The third kappa shape index (κ3) is 3.90. The fraction of sp³-hybridized carbons (Fsp3) is 0.200. The summed E-state index contributed by atoms with van der Waals surface area (Å²) in [5.74, 6) is 0.281. The first-order chi connectivity index (χ1) is 11.3. The van der Waals surface area contributed by atoms with Gasteiger partial charge in [-0.2, -0.15) is 0 Å². The monoisotopic (exact) mass is 350 g/mol. The van der Waals surface area contributed by atoms with E-state index >= 15 is 0 Å². The van der Waals surface area contributed by atoms with Crippen molar-refractivity contribution in [3.63, 3.8) is 0 Å². The van der Waals surface area contributed by atoms with E-state index in [-0.39, 0.29) is 16.6 Å². The molecule has 1 heterocycles. The van der Waals surface area contributed by atoms with Crippen molar-refractivity contribution in [3.8, 4) is 5.75 Å². The lowest BCUT2D eigenvalue weighted by atomic mass is 10.2. The first kappa shape index (κ1) is 17.5. The molecule has 0 spiro atoms. The highest BCUT2D eigenvalue weighted by Crippen LogP contribution is 2.29. The number of aromatic nitrogens is 1. The highest BCUT2D eigenvalue weighted by molar-refractivity contribution is 6.30. The van der Waals surface area contributed by atoms with Gasteiger partial charge in [0.25, 0.3) is 11.6 Å². The number of nitro groups is 1. The molecule has 0 radical (unpaired) electrons. The minimum atomic E-state index is -0.542. The molecule has 2 aromatic rings. The molecule has 1 N–H and O–H groups in total. The molecule has 0 atom stereocenters. The summed E-state index contributed by atoms with van der Waals surface area (Å²) in [6.07, 6.45) is 0. The number of non-ortho nitro benzene ring substituents is 1. The minimum Gasteiger partial charge on any atom is -0.494 e. The molecule has 1 aromatic heterocycles. The van der Waals surface area contributed by atoms with Crippen molar-refractivity contribution >= 4 is 34.7 Å². The van der Waals surface area contributed by atoms with Crippen LogP contribution in [0, 0.1) is 10.1 Å². The molecule has 0 saturated carbocycles. The predicted octanol–water partition coefficient (Wildman–Crippen LogP) is 2.97. The molecule has 1 amide bonds. The maximum atomic E-state index is 12.4. The second-order valence-electron chi connectivity index (χ2n) is 5.03. The molecule has 2 rings (SSSR count). The number of carbonyl (C=O) groups excluding carboxylic acids is 1. The third-order valence-corrected chi connectivity index (χ3v) is 3.34. The number of nitro benzene ring substituents is 1. The lowest BCUT2D eigenvalue weighted by Gasteiger charge is -2.14. The third-order valence-electron chi connectivity index (χ3n) is 3.15. The van der Waals surface area contributed by atoms with E-state index in [2.05, 4.69) is 10.3 Å². The summed E-state index contributed by atoms with van der Waals surface area (Å²) in [6, 6.07) is 6.94. The second kappa shape index (κ2) is 7.14. The number of anilines is 2. The molecule has 8 nitrogen and oxygen atoms in total. The van der Waals surface area contributed by atoms with E-state index in [0.29, 0.717) is 17.1 Å². The van der Waals surface area contributed by atoms with Crippen LogP contribution < -0.4 is 15.0 Å². The first-order valence-electron chi connectivity index (χ1n) is 6.80. The minimum absolute atomic E-state index is 0.133. The number of methoxy groups -OCH3 is 1. The van der Waals surface area contributed by atoms with Crippen LogP contribution in [0.1, 0.15) is 10.4 Å². The van der Waals surface area contributed by atoms with Crippen molar-refractivity contribution in [2.45, 2.75) is 0 Å². The molecule has 0 unspecified atom stereocenters. The van der Waals surface area contributed by atoms with Crippen molar-refractivity contribution in [3.05, 3.63) is 51.2 Å². The van der Waals surface area contributed by atoms with Crippen LogP contribution in [0.2, 0.25) is 5.15 Å². The Bertz CT molecular complexity index is 795. The quantitative estimate of drug-likeness (QED) is 0.505. The van der Waals surface area contributed by atoms with Crippen LogP contribution in [0.15, 0.2) is 30.3 Å². The molecular weight excluding hydrogens is 336 g/mol. The van der Waals surface area contributed by atoms with E-state index in [4.69, 9.17) is 16.3 Å². The Balaban J connectivity index is 2.31. The Morgan fingerprint density at radius 1 is 1.33 bits per heavy atom. The molecule has 0 aliphatic rings. The Morgan fingerprint density at radius 3 is 2.62 bits per heavy atom. The summed E-state index contributed by atoms with van der Waals surface area (Å²) < 4.78 is 5.09. The number of nitrogens with one attached hydrogen (secondary N) is 1. The van der Waals surface area contributed by atoms with Gasteiger partial charge in [-0.1, -0.05) is 11.6 Å². The predicted molar refractivity (Wildman–Crippen MR) is 91.2 cm³/mol. The number of benzene rings is 1. The van der Waals surface area contributed by atoms with E-state index in [1.54, 1.807) is 25.1 Å². The molecule has 0 aliphatic carbocycles. The number of hydrogen-bond donors (Lipinski definition) is 1. The number of carbonyl (C=O) groups is 1. The molecule has 24 heavy (non-hydrogen) atoms. The highest BCUT2D eigenvalue weighted by atomic mass is 35.5. The average Bonchev–Trinajstić information content (AvgIpc) is 2.54. The standard InChI is InChI=1S/C15H15ClN4O4/c1-19(2)14-7-9(6-13(16)18-14)15(21)17-11-5-4-10(20(22)23)8-12(11)24-3/h4-8H,1-3H3,(H,17,21). The molecule has 126 valence electrons. The number of amides is 1. The van der Waals surface area contributed by atoms with Crippen molar-refractivity contribution < 1.29 is 14.5 Å². The van der Waals surface area contributed by atoms with Gasteiger partial charge in [-0.15, -0.1) is 0 Å². The van der Waals surface area contributed by atoms with Gasteiger partial charge in [-0.05, 0) is 18.2 Å². The van der Waals surface area contributed by atoms with Crippen molar-refractivity contribution in [1.82, 2.24) is 4.98 Å². The molecule has 0 aliphatic heterocycles. The number of halogens is 1. The van der Waals surface area contributed by atoms with Gasteiger partial charge in [0.1, 0.15) is 16.7 Å². The zero-order chi connectivity index (χ0) is 17.9. The van der Waals surface area contributed by atoms with Crippen LogP contribution >= 0.6 is 11.6 Å². The highest BCUT2D eigenvalue weighted by Gasteiger charge is 2.15. The summed E-state index contributed by atoms with van der Waals surface area (Å²) in [6.45, 7) is 0. The summed E-state index contributed by atoms with van der Waals surface area (Å²) in [4.78, 5) is 28.5. The van der Waals surface area contributed by atoms with Gasteiger partial charge in [0.15, 0.2) is 0 Å². The zero-order valence-corrected chi connectivity index (χ0v) is 14.0. The SMILES string of the molecule is COc1cc([N+](=O)[O-])ccc1NC(=O)c1cc(Cl)nc(N(C)C)c1. The molecule has 9 heteroatoms. The summed E-state index contributed by atoms with van der Waals surface area (Å²) >= 11 is 5.94. The van der Waals surface area contributed by atoms with Gasteiger partial charge in [-0.3, -0.25) is 14.9 Å². The Labute approximate surface area is 143 Å². The topological polar surface area (TPSA) is 97.6 Å². The van der Waals surface area contributed by atoms with E-state index in [9.17, 15) is 14.9 Å². The van der Waals surface area contributed by atoms with Crippen molar-refractivity contribution in [2.75, 3.05) is 31.4 Å². The number of ether oxygens (including phenoxy) is 1. The van der Waals surface area contributed by atoms with E-state index < -0.39 is 10.8 Å². The fourth-order valence-electron chi connectivity index (χ4n) is 1.93. The van der Waals surface area contributed by atoms with Crippen molar-refractivity contribution in [1.29, 1.82) is 0 Å². The second-order valence-corrected chi connectivity index (χ2v) is 5.41. The van der Waals surface area contributed by atoms with Gasteiger partial charge in [0.05, 0.1) is 23.8 Å². The normalized spacial score (nSPS) is 10.2. The van der Waals surface area contributed by atoms with Crippen LogP contribution in [0.5, 0.6) is 5.75 Å². The summed E-state index contributed by atoms with van der Waals surface area (Å²) in [5.41, 5.74) is 0.484. The van der Waals surface area contributed by atoms with Crippen LogP contribution in [-0.2, 0) is 0 Å². The van der Waals surface area contributed by atoms with Gasteiger partial charge in [0, 0.05) is 25.7 Å². The van der Waals surface area contributed by atoms with E-state index in [1.165, 1.54) is 31.4 Å². The Hall–Kier alpha value is -2.87. The fourth-order valence-corrected chi connectivity index (χ4v) is 2.14. The van der Waals surface area contributed by atoms with Gasteiger partial charge in [0.2, 0.25) is 0 Å². The van der Waals surface area contributed by atoms with Crippen LogP contribution in [0.25, 0.3) is 0 Å². The summed E-state index contributed by atoms with van der Waals surface area (Å²) in [5, 5.41) is 13.6. The van der Waals surface area contributed by atoms with E-state index in [1.807, 2.05) is 0 Å². The maximum Gasteiger partial charge on any atom is 0.273 e. The lowest BCUT2D eigenvalue weighted by Crippen LogP contribution is -2.16. The van der Waals surface area contributed by atoms with Gasteiger partial charge < -0.3 is 15.0 Å². The number of hydrogen-bond acceptors (Lipinski definition) is 6. The molecule has 0 bridgehead atoms. The van der Waals surface area contributed by atoms with E-state index in [0.717, 1.165) is 0 Å². The number of pyridine rings is 1. The van der Waals surface area contributed by atoms with Crippen LogP contribution in [-0.4, -0.2) is 37.0 Å². The largest absolute Gasteiger partial charge is 0.494 e. The average molecular weight is 351 g/mol. The Kier molecular flexibility index (Phi) is 5.20. The lowest BCUT2D eigenvalue weighted by molar-refractivity contribution is -0.384.